The van der Waals surface area contributed by atoms with E-state index in [2.05, 4.69) is 15.5 Å². The Labute approximate surface area is 135 Å². The van der Waals surface area contributed by atoms with Crippen molar-refractivity contribution in [2.75, 3.05) is 27.2 Å². The highest BCUT2D eigenvalue weighted by molar-refractivity contribution is 6.30. The van der Waals surface area contributed by atoms with Crippen LogP contribution in [0.25, 0.3) is 11.3 Å². The number of aromatic nitrogens is 2. The molecule has 21 heavy (non-hydrogen) atoms. The predicted octanol–water partition coefficient (Wildman–Crippen LogP) is 2.44. The van der Waals surface area contributed by atoms with Gasteiger partial charge in [-0.05, 0) is 19.2 Å². The van der Waals surface area contributed by atoms with E-state index in [1.54, 1.807) is 30.3 Å². The highest BCUT2D eigenvalue weighted by atomic mass is 35.5. The third kappa shape index (κ3) is 4.20. The minimum atomic E-state index is -0.0565. The summed E-state index contributed by atoms with van der Waals surface area (Å²) in [6, 6.07) is 7.30. The smallest absolute Gasteiger partial charge is 0.257 e. The zero-order chi connectivity index (χ0) is 14.5. The zero-order valence-electron chi connectivity index (χ0n) is 11.9. The number of hydrogen-bond acceptors (Lipinski definition) is 3. The Hall–Kier alpha value is -1.56. The Morgan fingerprint density at radius 3 is 2.67 bits per heavy atom. The van der Waals surface area contributed by atoms with Gasteiger partial charge in [0.2, 0.25) is 0 Å². The van der Waals surface area contributed by atoms with Crippen LogP contribution in [0.1, 0.15) is 10.4 Å². The van der Waals surface area contributed by atoms with Gasteiger partial charge in [-0.2, -0.15) is 5.10 Å². The fourth-order valence-corrected chi connectivity index (χ4v) is 2.00. The number of nitrogens with one attached hydrogen (secondary N) is 2. The van der Waals surface area contributed by atoms with Crippen molar-refractivity contribution in [3.8, 4) is 11.3 Å². The highest BCUT2D eigenvalue weighted by Gasteiger charge is 2.18. The molecule has 2 aromatic rings. The van der Waals surface area contributed by atoms with Gasteiger partial charge in [-0.15, -0.1) is 12.4 Å². The van der Waals surface area contributed by atoms with Gasteiger partial charge in [0.25, 0.3) is 5.91 Å². The maximum atomic E-state index is 12.4. The van der Waals surface area contributed by atoms with E-state index in [1.165, 1.54) is 0 Å². The summed E-state index contributed by atoms with van der Waals surface area (Å²) in [5.41, 5.74) is 2.16. The van der Waals surface area contributed by atoms with Crippen LogP contribution in [0, 0.1) is 0 Å². The molecule has 7 heteroatoms. The van der Waals surface area contributed by atoms with Crippen LogP contribution in [0.3, 0.4) is 0 Å². The summed E-state index contributed by atoms with van der Waals surface area (Å²) >= 11 is 5.88. The second-order valence-corrected chi connectivity index (χ2v) is 4.93. The lowest BCUT2D eigenvalue weighted by atomic mass is 10.1. The van der Waals surface area contributed by atoms with Crippen LogP contribution in [0.5, 0.6) is 0 Å². The molecule has 2 rings (SSSR count). The Morgan fingerprint density at radius 2 is 2.05 bits per heavy atom. The molecule has 0 unspecified atom stereocenters. The van der Waals surface area contributed by atoms with Gasteiger partial charge < -0.3 is 10.2 Å². The van der Waals surface area contributed by atoms with E-state index in [0.29, 0.717) is 22.8 Å². The minimum Gasteiger partial charge on any atom is -0.340 e. The molecule has 0 saturated heterocycles. The van der Waals surface area contributed by atoms with Crippen LogP contribution in [-0.2, 0) is 0 Å². The van der Waals surface area contributed by atoms with Crippen LogP contribution in [0.2, 0.25) is 5.02 Å². The topological polar surface area (TPSA) is 61.0 Å². The van der Waals surface area contributed by atoms with Crippen molar-refractivity contribution in [1.29, 1.82) is 0 Å². The Kier molecular flexibility index (Phi) is 6.68. The Morgan fingerprint density at radius 1 is 1.38 bits per heavy atom. The molecule has 0 atom stereocenters. The number of hydrogen-bond donors (Lipinski definition) is 2. The van der Waals surface area contributed by atoms with Gasteiger partial charge in [0.15, 0.2) is 0 Å². The lowest BCUT2D eigenvalue weighted by Gasteiger charge is -2.16. The van der Waals surface area contributed by atoms with Gasteiger partial charge in [-0.3, -0.25) is 9.89 Å². The summed E-state index contributed by atoms with van der Waals surface area (Å²) in [5.74, 6) is -0.0565. The van der Waals surface area contributed by atoms with E-state index in [4.69, 9.17) is 11.6 Å². The summed E-state index contributed by atoms with van der Waals surface area (Å²) < 4.78 is 0. The number of amides is 1. The van der Waals surface area contributed by atoms with E-state index in [-0.39, 0.29) is 18.3 Å². The first kappa shape index (κ1) is 17.5. The molecular weight excluding hydrogens is 311 g/mol. The standard InChI is InChI=1S/C14H17ClN4O.ClH/c1-16-7-8-19(2)14(20)12-9-17-18-13(12)10-3-5-11(15)6-4-10;/h3-6,9,16H,7-8H2,1-2H3,(H,17,18);1H. The SMILES string of the molecule is CNCCN(C)C(=O)c1cn[nH]c1-c1ccc(Cl)cc1.Cl. The summed E-state index contributed by atoms with van der Waals surface area (Å²) in [6.45, 7) is 1.39. The van der Waals surface area contributed by atoms with E-state index >= 15 is 0 Å². The molecule has 114 valence electrons. The molecule has 1 amide bonds. The van der Waals surface area contributed by atoms with Crippen molar-refractivity contribution < 1.29 is 4.79 Å². The first-order chi connectivity index (χ1) is 9.63. The van der Waals surface area contributed by atoms with E-state index < -0.39 is 0 Å². The predicted molar refractivity (Wildman–Crippen MR) is 87.2 cm³/mol. The van der Waals surface area contributed by atoms with Gasteiger partial charge in [0.05, 0.1) is 17.5 Å². The molecule has 5 nitrogen and oxygen atoms in total. The molecule has 1 aromatic heterocycles. The number of benzene rings is 1. The summed E-state index contributed by atoms with van der Waals surface area (Å²) in [5, 5.41) is 10.5. The van der Waals surface area contributed by atoms with Crippen LogP contribution >= 0.6 is 24.0 Å². The molecule has 0 spiro atoms. The molecule has 0 radical (unpaired) electrons. The van der Waals surface area contributed by atoms with Crippen molar-refractivity contribution >= 4 is 29.9 Å². The molecule has 0 bridgehead atoms. The van der Waals surface area contributed by atoms with Crippen LogP contribution in [-0.4, -0.2) is 48.2 Å². The molecule has 2 N–H and O–H groups in total. The number of H-pyrrole nitrogens is 1. The van der Waals surface area contributed by atoms with Gasteiger partial charge in [0, 0.05) is 30.7 Å². The summed E-state index contributed by atoms with van der Waals surface area (Å²) in [4.78, 5) is 14.1. The molecule has 0 aliphatic rings. The third-order valence-corrected chi connectivity index (χ3v) is 3.30. The average molecular weight is 329 g/mol. The van der Waals surface area contributed by atoms with Gasteiger partial charge >= 0.3 is 0 Å². The van der Waals surface area contributed by atoms with Gasteiger partial charge in [-0.25, -0.2) is 0 Å². The summed E-state index contributed by atoms with van der Waals surface area (Å²) in [7, 11) is 3.63. The fourth-order valence-electron chi connectivity index (χ4n) is 1.87. The molecule has 1 aromatic carbocycles. The first-order valence-corrected chi connectivity index (χ1v) is 6.70. The number of carbonyl (C=O) groups excluding carboxylic acids is 1. The second kappa shape index (κ2) is 8.02. The summed E-state index contributed by atoms with van der Waals surface area (Å²) in [6.07, 6.45) is 1.56. The maximum Gasteiger partial charge on any atom is 0.257 e. The lowest BCUT2D eigenvalue weighted by molar-refractivity contribution is 0.0797. The molecule has 0 aliphatic heterocycles. The van der Waals surface area contributed by atoms with Crippen LogP contribution in [0.15, 0.2) is 30.5 Å². The van der Waals surface area contributed by atoms with Crippen LogP contribution in [0.4, 0.5) is 0 Å². The van der Waals surface area contributed by atoms with Crippen molar-refractivity contribution in [1.82, 2.24) is 20.4 Å². The molecule has 0 aliphatic carbocycles. The quantitative estimate of drug-likeness (QED) is 0.886. The fraction of sp³-hybridized carbons (Fsp3) is 0.286. The van der Waals surface area contributed by atoms with Gasteiger partial charge in [-0.1, -0.05) is 23.7 Å². The highest BCUT2D eigenvalue weighted by Crippen LogP contribution is 2.23. The molecule has 1 heterocycles. The number of likely N-dealkylation sites (N-methyl/N-ethyl adjacent to an activating group) is 2. The van der Waals surface area contributed by atoms with Crippen molar-refractivity contribution in [2.45, 2.75) is 0 Å². The first-order valence-electron chi connectivity index (χ1n) is 6.33. The number of aromatic amines is 1. The number of nitrogens with zero attached hydrogens (tertiary/aromatic N) is 2. The second-order valence-electron chi connectivity index (χ2n) is 4.50. The number of rotatable bonds is 5. The Bertz CT molecular complexity index is 583. The van der Waals surface area contributed by atoms with Gasteiger partial charge in [0.1, 0.15) is 0 Å². The van der Waals surface area contributed by atoms with Crippen LogP contribution < -0.4 is 5.32 Å². The largest absolute Gasteiger partial charge is 0.340 e. The van der Waals surface area contributed by atoms with E-state index in [0.717, 1.165) is 12.1 Å². The average Bonchev–Trinajstić information content (AvgIpc) is 2.94. The Balaban J connectivity index is 0.00000220. The normalized spacial score (nSPS) is 10.0. The zero-order valence-corrected chi connectivity index (χ0v) is 13.5. The number of halogens is 2. The lowest BCUT2D eigenvalue weighted by Crippen LogP contribution is -2.32. The molecular formula is C14H18Cl2N4O. The third-order valence-electron chi connectivity index (χ3n) is 3.05. The monoisotopic (exact) mass is 328 g/mol. The number of carbonyl (C=O) groups is 1. The van der Waals surface area contributed by atoms with Crippen molar-refractivity contribution in [2.24, 2.45) is 0 Å². The molecule has 0 saturated carbocycles. The van der Waals surface area contributed by atoms with Crippen molar-refractivity contribution in [3.05, 3.63) is 41.0 Å². The van der Waals surface area contributed by atoms with E-state index in [1.807, 2.05) is 19.2 Å². The minimum absolute atomic E-state index is 0. The van der Waals surface area contributed by atoms with Crippen molar-refractivity contribution in [3.63, 3.8) is 0 Å². The molecule has 0 fully saturated rings. The maximum absolute atomic E-state index is 12.4. The van der Waals surface area contributed by atoms with E-state index in [9.17, 15) is 4.79 Å².